The van der Waals surface area contributed by atoms with Crippen molar-refractivity contribution < 1.29 is 9.21 Å². The van der Waals surface area contributed by atoms with E-state index >= 15 is 0 Å². The van der Waals surface area contributed by atoms with Crippen molar-refractivity contribution in [1.82, 2.24) is 5.32 Å². The van der Waals surface area contributed by atoms with Gasteiger partial charge < -0.3 is 9.73 Å². The Labute approximate surface area is 148 Å². The Balaban J connectivity index is 1.70. The standard InChI is InChI=1S/C22H23NO2/c1-14-13-25-19-12-22(2,3)11-18(20(14)19)23-21(24)17-10-6-8-15-7-4-5-9-16(15)17/h4-10,13,18H,11-12H2,1-3H3,(H,23,24). The van der Waals surface area contributed by atoms with Gasteiger partial charge in [-0.05, 0) is 41.2 Å². The van der Waals surface area contributed by atoms with Crippen LogP contribution in [0.15, 0.2) is 53.1 Å². The van der Waals surface area contributed by atoms with Crippen molar-refractivity contribution in [3.05, 3.63) is 71.2 Å². The minimum absolute atomic E-state index is 0.0102. The quantitative estimate of drug-likeness (QED) is 0.701. The summed E-state index contributed by atoms with van der Waals surface area (Å²) in [6.45, 7) is 6.51. The highest BCUT2D eigenvalue weighted by atomic mass is 16.3. The second-order valence-electron chi connectivity index (χ2n) is 7.85. The van der Waals surface area contributed by atoms with Gasteiger partial charge in [0.05, 0.1) is 12.3 Å². The first kappa shape index (κ1) is 15.9. The van der Waals surface area contributed by atoms with Crippen LogP contribution in [0.1, 0.15) is 53.6 Å². The highest BCUT2D eigenvalue weighted by Crippen LogP contribution is 2.43. The fourth-order valence-electron chi connectivity index (χ4n) is 4.06. The molecular weight excluding hydrogens is 310 g/mol. The highest BCUT2D eigenvalue weighted by Gasteiger charge is 2.36. The summed E-state index contributed by atoms with van der Waals surface area (Å²) >= 11 is 0. The Morgan fingerprint density at radius 2 is 1.92 bits per heavy atom. The van der Waals surface area contributed by atoms with Gasteiger partial charge in [0.2, 0.25) is 0 Å². The molecule has 0 spiro atoms. The number of carbonyl (C=O) groups is 1. The number of amides is 1. The van der Waals surface area contributed by atoms with E-state index < -0.39 is 0 Å². The lowest BCUT2D eigenvalue weighted by Crippen LogP contribution is -2.36. The van der Waals surface area contributed by atoms with Crippen LogP contribution in [-0.2, 0) is 6.42 Å². The molecule has 0 bridgehead atoms. The lowest BCUT2D eigenvalue weighted by Gasteiger charge is -2.35. The maximum Gasteiger partial charge on any atom is 0.252 e. The minimum Gasteiger partial charge on any atom is -0.469 e. The number of hydrogen-bond acceptors (Lipinski definition) is 2. The Kier molecular flexibility index (Phi) is 3.68. The van der Waals surface area contributed by atoms with Gasteiger partial charge in [-0.25, -0.2) is 0 Å². The zero-order valence-corrected chi connectivity index (χ0v) is 14.9. The molecule has 1 aromatic heterocycles. The molecule has 0 fully saturated rings. The molecule has 0 aliphatic heterocycles. The van der Waals surface area contributed by atoms with Crippen molar-refractivity contribution in [2.45, 2.75) is 39.7 Å². The van der Waals surface area contributed by atoms with Crippen LogP contribution in [0.25, 0.3) is 10.8 Å². The fourth-order valence-corrected chi connectivity index (χ4v) is 4.06. The van der Waals surface area contributed by atoms with Crippen LogP contribution in [0.5, 0.6) is 0 Å². The number of furan rings is 1. The van der Waals surface area contributed by atoms with Gasteiger partial charge >= 0.3 is 0 Å². The van der Waals surface area contributed by atoms with Gasteiger partial charge in [-0.15, -0.1) is 0 Å². The number of rotatable bonds is 2. The average molecular weight is 333 g/mol. The van der Waals surface area contributed by atoms with Crippen molar-refractivity contribution >= 4 is 16.7 Å². The van der Waals surface area contributed by atoms with Crippen LogP contribution in [0.2, 0.25) is 0 Å². The van der Waals surface area contributed by atoms with Crippen molar-refractivity contribution in [3.8, 4) is 0 Å². The monoisotopic (exact) mass is 333 g/mol. The van der Waals surface area contributed by atoms with E-state index in [9.17, 15) is 4.79 Å². The summed E-state index contributed by atoms with van der Waals surface area (Å²) < 4.78 is 5.76. The summed E-state index contributed by atoms with van der Waals surface area (Å²) in [5.74, 6) is 0.989. The van der Waals surface area contributed by atoms with E-state index in [1.54, 1.807) is 0 Å². The molecule has 25 heavy (non-hydrogen) atoms. The molecule has 0 radical (unpaired) electrons. The maximum atomic E-state index is 13.0. The molecule has 1 unspecified atom stereocenters. The third kappa shape index (κ3) is 2.84. The summed E-state index contributed by atoms with van der Waals surface area (Å²) in [7, 11) is 0. The van der Waals surface area contributed by atoms with Gasteiger partial charge in [0, 0.05) is 17.5 Å². The third-order valence-corrected chi connectivity index (χ3v) is 5.19. The second-order valence-corrected chi connectivity index (χ2v) is 7.85. The van der Waals surface area contributed by atoms with Gasteiger partial charge in [-0.3, -0.25) is 4.79 Å². The van der Waals surface area contributed by atoms with E-state index in [1.165, 1.54) is 0 Å². The third-order valence-electron chi connectivity index (χ3n) is 5.19. The van der Waals surface area contributed by atoms with E-state index in [1.807, 2.05) is 48.7 Å². The molecule has 128 valence electrons. The highest BCUT2D eigenvalue weighted by molar-refractivity contribution is 6.07. The van der Waals surface area contributed by atoms with Crippen molar-refractivity contribution in [2.24, 2.45) is 5.41 Å². The van der Waals surface area contributed by atoms with E-state index in [0.29, 0.717) is 0 Å². The topological polar surface area (TPSA) is 42.2 Å². The molecule has 2 aromatic carbocycles. The van der Waals surface area contributed by atoms with E-state index in [0.717, 1.165) is 46.1 Å². The lowest BCUT2D eigenvalue weighted by molar-refractivity contribution is 0.0919. The zero-order valence-electron chi connectivity index (χ0n) is 14.9. The number of carbonyl (C=O) groups excluding carboxylic acids is 1. The zero-order chi connectivity index (χ0) is 17.6. The number of fused-ring (bicyclic) bond motifs is 2. The molecule has 3 aromatic rings. The summed E-state index contributed by atoms with van der Waals surface area (Å²) in [4.78, 5) is 13.0. The summed E-state index contributed by atoms with van der Waals surface area (Å²) in [6.07, 6.45) is 3.64. The number of benzene rings is 2. The SMILES string of the molecule is Cc1coc2c1C(NC(=O)c1cccc3ccccc13)CC(C)(C)C2. The van der Waals surface area contributed by atoms with Crippen LogP contribution in [0.3, 0.4) is 0 Å². The molecule has 1 atom stereocenters. The van der Waals surface area contributed by atoms with Crippen molar-refractivity contribution in [2.75, 3.05) is 0 Å². The molecule has 1 heterocycles. The Morgan fingerprint density at radius 1 is 1.16 bits per heavy atom. The van der Waals surface area contributed by atoms with Crippen molar-refractivity contribution in [3.63, 3.8) is 0 Å². The normalized spacial score (nSPS) is 18.8. The van der Waals surface area contributed by atoms with E-state index in [4.69, 9.17) is 4.42 Å². The van der Waals surface area contributed by atoms with E-state index in [-0.39, 0.29) is 17.4 Å². The van der Waals surface area contributed by atoms with Gasteiger partial charge in [0.1, 0.15) is 5.76 Å². The Bertz CT molecular complexity index is 946. The first-order valence-corrected chi connectivity index (χ1v) is 8.80. The first-order chi connectivity index (χ1) is 11.9. The molecule has 1 N–H and O–H groups in total. The van der Waals surface area contributed by atoms with Gasteiger partial charge in [0.15, 0.2) is 0 Å². The summed E-state index contributed by atoms with van der Waals surface area (Å²) in [5, 5.41) is 5.34. The minimum atomic E-state index is -0.0222. The van der Waals surface area contributed by atoms with Gasteiger partial charge in [0.25, 0.3) is 5.91 Å². The summed E-state index contributed by atoms with van der Waals surface area (Å²) in [6, 6.07) is 13.9. The molecule has 0 saturated heterocycles. The lowest BCUT2D eigenvalue weighted by atomic mass is 9.74. The molecule has 3 nitrogen and oxygen atoms in total. The molecule has 1 amide bonds. The molecule has 1 aliphatic rings. The van der Waals surface area contributed by atoms with Crippen LogP contribution >= 0.6 is 0 Å². The van der Waals surface area contributed by atoms with E-state index in [2.05, 4.69) is 26.1 Å². The predicted molar refractivity (Wildman–Crippen MR) is 99.7 cm³/mol. The number of nitrogens with one attached hydrogen (secondary N) is 1. The maximum absolute atomic E-state index is 13.0. The van der Waals surface area contributed by atoms with Crippen LogP contribution in [0, 0.1) is 12.3 Å². The Morgan fingerprint density at radius 3 is 2.76 bits per heavy atom. The van der Waals surface area contributed by atoms with Crippen LogP contribution in [-0.4, -0.2) is 5.91 Å². The van der Waals surface area contributed by atoms with Crippen LogP contribution in [0.4, 0.5) is 0 Å². The Hall–Kier alpha value is -2.55. The first-order valence-electron chi connectivity index (χ1n) is 8.80. The van der Waals surface area contributed by atoms with Gasteiger partial charge in [-0.2, -0.15) is 0 Å². The predicted octanol–water partition coefficient (Wildman–Crippen LogP) is 5.18. The molecule has 0 saturated carbocycles. The molecule has 1 aliphatic carbocycles. The fraction of sp³-hybridized carbons (Fsp3) is 0.318. The number of aryl methyl sites for hydroxylation is 1. The van der Waals surface area contributed by atoms with Crippen molar-refractivity contribution in [1.29, 1.82) is 0 Å². The largest absolute Gasteiger partial charge is 0.469 e. The average Bonchev–Trinajstić information content (AvgIpc) is 2.93. The molecular formula is C22H23NO2. The number of hydrogen-bond donors (Lipinski definition) is 1. The molecule has 4 rings (SSSR count). The second kappa shape index (κ2) is 5.76. The summed E-state index contributed by atoms with van der Waals surface area (Å²) in [5.41, 5.74) is 3.11. The molecule has 3 heteroatoms. The van der Waals surface area contributed by atoms with Gasteiger partial charge in [-0.1, -0.05) is 50.2 Å². The van der Waals surface area contributed by atoms with Crippen LogP contribution < -0.4 is 5.32 Å². The smallest absolute Gasteiger partial charge is 0.252 e.